The van der Waals surface area contributed by atoms with E-state index in [0.717, 1.165) is 6.08 Å². The number of aliphatic carboxylic acids is 1. The molecule has 2 aromatic rings. The van der Waals surface area contributed by atoms with Gasteiger partial charge in [-0.15, -0.1) is 0 Å². The average Bonchev–Trinajstić information content (AvgIpc) is 2.44. The monoisotopic (exact) mass is 371 g/mol. The van der Waals surface area contributed by atoms with Crippen molar-refractivity contribution in [2.45, 2.75) is 4.90 Å². The molecule has 0 heterocycles. The molecule has 120 valence electrons. The first-order valence-corrected chi connectivity index (χ1v) is 8.50. The molecule has 0 aliphatic heterocycles. The normalized spacial score (nSPS) is 11.6. The smallest absolute Gasteiger partial charge is 0.328 e. The molecule has 0 unspecified atom stereocenters. The molecule has 0 saturated carbocycles. The summed E-state index contributed by atoms with van der Waals surface area (Å²) in [4.78, 5) is 10.5. The fourth-order valence-corrected chi connectivity index (χ4v) is 3.32. The Morgan fingerprint density at radius 1 is 1.04 bits per heavy atom. The van der Waals surface area contributed by atoms with Crippen molar-refractivity contribution in [3.63, 3.8) is 0 Å². The number of benzene rings is 2. The van der Waals surface area contributed by atoms with Gasteiger partial charge in [0.05, 0.1) is 10.6 Å². The number of rotatable bonds is 5. The molecule has 0 spiro atoms. The summed E-state index contributed by atoms with van der Waals surface area (Å²) in [6.45, 7) is 0. The highest BCUT2D eigenvalue weighted by Crippen LogP contribution is 2.24. The predicted molar refractivity (Wildman–Crippen MR) is 90.4 cm³/mol. The quantitative estimate of drug-likeness (QED) is 0.780. The first-order chi connectivity index (χ1) is 10.8. The molecule has 8 heteroatoms. The van der Waals surface area contributed by atoms with Gasteiger partial charge in [0.25, 0.3) is 10.0 Å². The van der Waals surface area contributed by atoms with E-state index in [1.165, 1.54) is 48.5 Å². The molecule has 0 radical (unpaired) electrons. The number of hydrogen-bond donors (Lipinski definition) is 2. The molecule has 5 nitrogen and oxygen atoms in total. The second kappa shape index (κ2) is 7.04. The highest BCUT2D eigenvalue weighted by molar-refractivity contribution is 7.92. The molecule has 23 heavy (non-hydrogen) atoms. The van der Waals surface area contributed by atoms with E-state index in [-0.39, 0.29) is 10.6 Å². The molecule has 0 bridgehead atoms. The summed E-state index contributed by atoms with van der Waals surface area (Å²) in [7, 11) is -3.80. The largest absolute Gasteiger partial charge is 0.478 e. The van der Waals surface area contributed by atoms with Crippen LogP contribution in [0.25, 0.3) is 6.08 Å². The van der Waals surface area contributed by atoms with Crippen LogP contribution in [0.5, 0.6) is 0 Å². The highest BCUT2D eigenvalue weighted by Gasteiger charge is 2.14. The summed E-state index contributed by atoms with van der Waals surface area (Å²) >= 11 is 11.7. The third kappa shape index (κ3) is 4.99. The van der Waals surface area contributed by atoms with Crippen LogP contribution in [0.4, 0.5) is 5.69 Å². The number of anilines is 1. The number of sulfonamides is 1. The van der Waals surface area contributed by atoms with Crippen molar-refractivity contribution in [2.24, 2.45) is 0 Å². The standard InChI is InChI=1S/C15H11Cl2NO4S/c16-11-7-12(17)9-13(8-11)18-23(21,22)14-4-1-10(2-5-14)3-6-15(19)20/h1-9,18H,(H,19,20). The van der Waals surface area contributed by atoms with Crippen LogP contribution in [-0.4, -0.2) is 19.5 Å². The Hall–Kier alpha value is -2.02. The minimum absolute atomic E-state index is 0.0288. The molecule has 2 rings (SSSR count). The molecule has 2 aromatic carbocycles. The first-order valence-electron chi connectivity index (χ1n) is 6.26. The van der Waals surface area contributed by atoms with Crippen molar-refractivity contribution in [2.75, 3.05) is 4.72 Å². The van der Waals surface area contributed by atoms with Gasteiger partial charge in [-0.1, -0.05) is 35.3 Å². The van der Waals surface area contributed by atoms with Gasteiger partial charge in [0, 0.05) is 16.1 Å². The lowest BCUT2D eigenvalue weighted by molar-refractivity contribution is -0.131. The van der Waals surface area contributed by atoms with Crippen LogP contribution < -0.4 is 4.72 Å². The van der Waals surface area contributed by atoms with Crippen LogP contribution in [0.2, 0.25) is 10.0 Å². The number of carbonyl (C=O) groups is 1. The molecular weight excluding hydrogens is 361 g/mol. The van der Waals surface area contributed by atoms with Gasteiger partial charge in [-0.05, 0) is 42.0 Å². The molecule has 0 aliphatic carbocycles. The zero-order valence-corrected chi connectivity index (χ0v) is 13.9. The highest BCUT2D eigenvalue weighted by atomic mass is 35.5. The van der Waals surface area contributed by atoms with E-state index in [0.29, 0.717) is 15.6 Å². The van der Waals surface area contributed by atoms with Crippen molar-refractivity contribution < 1.29 is 18.3 Å². The van der Waals surface area contributed by atoms with Crippen molar-refractivity contribution in [1.82, 2.24) is 0 Å². The molecule has 2 N–H and O–H groups in total. The summed E-state index contributed by atoms with van der Waals surface area (Å²) < 4.78 is 27.0. The third-order valence-electron chi connectivity index (χ3n) is 2.72. The number of carboxylic acids is 1. The van der Waals surface area contributed by atoms with Gasteiger partial charge in [-0.25, -0.2) is 13.2 Å². The van der Waals surface area contributed by atoms with E-state index in [1.807, 2.05) is 0 Å². The van der Waals surface area contributed by atoms with Gasteiger partial charge in [0.15, 0.2) is 0 Å². The zero-order valence-electron chi connectivity index (χ0n) is 11.5. The Labute approximate surface area is 143 Å². The lowest BCUT2D eigenvalue weighted by Gasteiger charge is -2.09. The van der Waals surface area contributed by atoms with E-state index >= 15 is 0 Å². The third-order valence-corrected chi connectivity index (χ3v) is 4.56. The van der Waals surface area contributed by atoms with E-state index in [2.05, 4.69) is 4.72 Å². The lowest BCUT2D eigenvalue weighted by Crippen LogP contribution is -2.12. The number of carboxylic acid groups (broad SMARTS) is 1. The second-order valence-corrected chi connectivity index (χ2v) is 7.06. The van der Waals surface area contributed by atoms with E-state index in [4.69, 9.17) is 28.3 Å². The Balaban J connectivity index is 2.24. The van der Waals surface area contributed by atoms with Crippen molar-refractivity contribution >= 4 is 51.0 Å². The van der Waals surface area contributed by atoms with Gasteiger partial charge in [-0.2, -0.15) is 0 Å². The van der Waals surface area contributed by atoms with Crippen molar-refractivity contribution in [1.29, 1.82) is 0 Å². The van der Waals surface area contributed by atoms with Crippen LogP contribution >= 0.6 is 23.2 Å². The van der Waals surface area contributed by atoms with Gasteiger partial charge in [0.1, 0.15) is 0 Å². The Kier molecular flexibility index (Phi) is 5.30. The fraction of sp³-hybridized carbons (Fsp3) is 0. The zero-order chi connectivity index (χ0) is 17.0. The lowest BCUT2D eigenvalue weighted by atomic mass is 10.2. The Morgan fingerprint density at radius 2 is 1.61 bits per heavy atom. The summed E-state index contributed by atoms with van der Waals surface area (Å²) in [6.07, 6.45) is 2.33. The SMILES string of the molecule is O=C(O)C=Cc1ccc(S(=O)(=O)Nc2cc(Cl)cc(Cl)c2)cc1. The maximum Gasteiger partial charge on any atom is 0.328 e. The molecule has 0 aliphatic rings. The molecular formula is C15H11Cl2NO4S. The van der Waals surface area contributed by atoms with E-state index in [1.54, 1.807) is 0 Å². The summed E-state index contributed by atoms with van der Waals surface area (Å²) in [5.41, 5.74) is 0.814. The number of halogens is 2. The predicted octanol–water partition coefficient (Wildman–Crippen LogP) is 3.89. The van der Waals surface area contributed by atoms with E-state index < -0.39 is 16.0 Å². The van der Waals surface area contributed by atoms with Gasteiger partial charge in [-0.3, -0.25) is 4.72 Å². The second-order valence-electron chi connectivity index (χ2n) is 4.50. The maximum atomic E-state index is 12.3. The molecule has 0 amide bonds. The van der Waals surface area contributed by atoms with Crippen LogP contribution in [0.3, 0.4) is 0 Å². The fourth-order valence-electron chi connectivity index (χ4n) is 1.75. The number of nitrogens with one attached hydrogen (secondary N) is 1. The topological polar surface area (TPSA) is 83.5 Å². The van der Waals surface area contributed by atoms with Gasteiger partial charge >= 0.3 is 5.97 Å². The summed E-state index contributed by atoms with van der Waals surface area (Å²) in [5, 5.41) is 9.17. The first kappa shape index (κ1) is 17.3. The Morgan fingerprint density at radius 3 is 2.13 bits per heavy atom. The van der Waals surface area contributed by atoms with Crippen LogP contribution in [0.1, 0.15) is 5.56 Å². The average molecular weight is 372 g/mol. The summed E-state index contributed by atoms with van der Waals surface area (Å²) in [5.74, 6) is -1.08. The number of hydrogen-bond acceptors (Lipinski definition) is 3. The molecule has 0 saturated heterocycles. The van der Waals surface area contributed by atoms with Crippen molar-refractivity contribution in [3.05, 3.63) is 64.1 Å². The van der Waals surface area contributed by atoms with Crippen molar-refractivity contribution in [3.8, 4) is 0 Å². The maximum absolute atomic E-state index is 12.3. The molecule has 0 aromatic heterocycles. The van der Waals surface area contributed by atoms with Gasteiger partial charge in [0.2, 0.25) is 0 Å². The van der Waals surface area contributed by atoms with Crippen LogP contribution in [-0.2, 0) is 14.8 Å². The summed E-state index contributed by atoms with van der Waals surface area (Å²) in [6, 6.07) is 10.1. The Bertz CT molecular complexity index is 841. The minimum Gasteiger partial charge on any atom is -0.478 e. The molecule has 0 fully saturated rings. The van der Waals surface area contributed by atoms with E-state index in [9.17, 15) is 13.2 Å². The van der Waals surface area contributed by atoms with Crippen LogP contribution in [0, 0.1) is 0 Å². The minimum atomic E-state index is -3.80. The van der Waals surface area contributed by atoms with Crippen LogP contribution in [0.15, 0.2) is 53.4 Å². The molecule has 0 atom stereocenters. The van der Waals surface area contributed by atoms with Gasteiger partial charge < -0.3 is 5.11 Å².